The van der Waals surface area contributed by atoms with Gasteiger partial charge in [0.25, 0.3) is 0 Å². The lowest BCUT2D eigenvalue weighted by atomic mass is 10.0. The van der Waals surface area contributed by atoms with Gasteiger partial charge in [-0.2, -0.15) is 0 Å². The van der Waals surface area contributed by atoms with Crippen molar-refractivity contribution < 1.29 is 5.11 Å². The van der Waals surface area contributed by atoms with Gasteiger partial charge in [0.2, 0.25) is 0 Å². The summed E-state index contributed by atoms with van der Waals surface area (Å²) in [6.07, 6.45) is 1.77. The first-order valence-corrected chi connectivity index (χ1v) is 7.46. The van der Waals surface area contributed by atoms with Crippen LogP contribution in [0.3, 0.4) is 0 Å². The molecule has 1 aliphatic heterocycles. The summed E-state index contributed by atoms with van der Waals surface area (Å²) in [7, 11) is 0. The van der Waals surface area contributed by atoms with Crippen LogP contribution in [0.1, 0.15) is 11.3 Å². The van der Waals surface area contributed by atoms with Crippen LogP contribution in [0, 0.1) is 0 Å². The molecule has 102 valence electrons. The van der Waals surface area contributed by atoms with Gasteiger partial charge in [0.1, 0.15) is 0 Å². The third kappa shape index (κ3) is 2.32. The molecule has 3 nitrogen and oxygen atoms in total. The van der Waals surface area contributed by atoms with Gasteiger partial charge < -0.3 is 10.0 Å². The van der Waals surface area contributed by atoms with Crippen molar-refractivity contribution in [3.05, 3.63) is 77.6 Å². The molecule has 0 spiro atoms. The molecule has 1 aromatic heterocycles. The van der Waals surface area contributed by atoms with Crippen molar-refractivity contribution in [2.24, 2.45) is 0 Å². The van der Waals surface area contributed by atoms with Crippen LogP contribution in [0.4, 0.5) is 0 Å². The van der Waals surface area contributed by atoms with Crippen molar-refractivity contribution in [2.75, 3.05) is 5.75 Å². The number of rotatable bonds is 3. The third-order valence-corrected chi connectivity index (χ3v) is 4.57. The van der Waals surface area contributed by atoms with Crippen molar-refractivity contribution in [3.63, 3.8) is 0 Å². The first kappa shape index (κ1) is 13.2. The van der Waals surface area contributed by atoms with Crippen molar-refractivity contribution in [2.45, 2.75) is 12.3 Å². The largest absolute Gasteiger partial charge is 0.366 e. The van der Waals surface area contributed by atoms with E-state index >= 15 is 0 Å². The normalized spacial score (nSPS) is 22.2. The average Bonchev–Trinajstić information content (AvgIpc) is 2.79. The SMILES string of the molecule is C=C1SCC(O)(c2ccccc2)N1Cc1ccccn1. The van der Waals surface area contributed by atoms with Crippen LogP contribution in [0.2, 0.25) is 0 Å². The summed E-state index contributed by atoms with van der Waals surface area (Å²) in [5, 5.41) is 11.9. The van der Waals surface area contributed by atoms with Gasteiger partial charge in [-0.25, -0.2) is 0 Å². The van der Waals surface area contributed by atoms with Gasteiger partial charge in [-0.3, -0.25) is 4.98 Å². The molecule has 1 fully saturated rings. The van der Waals surface area contributed by atoms with E-state index in [1.807, 2.05) is 53.4 Å². The van der Waals surface area contributed by atoms with E-state index in [0.29, 0.717) is 12.3 Å². The van der Waals surface area contributed by atoms with Crippen LogP contribution in [0.25, 0.3) is 0 Å². The first-order valence-electron chi connectivity index (χ1n) is 6.47. The van der Waals surface area contributed by atoms with Crippen LogP contribution < -0.4 is 0 Å². The molecule has 2 aromatic rings. The summed E-state index contributed by atoms with van der Waals surface area (Å²) in [4.78, 5) is 6.26. The fourth-order valence-electron chi connectivity index (χ4n) is 2.36. The zero-order valence-electron chi connectivity index (χ0n) is 11.1. The minimum absolute atomic E-state index is 0.554. The average molecular weight is 284 g/mol. The van der Waals surface area contributed by atoms with E-state index in [2.05, 4.69) is 11.6 Å². The van der Waals surface area contributed by atoms with Gasteiger partial charge >= 0.3 is 0 Å². The van der Waals surface area contributed by atoms with E-state index in [0.717, 1.165) is 16.3 Å². The molecule has 0 amide bonds. The first-order chi connectivity index (χ1) is 9.70. The number of thioether (sulfide) groups is 1. The lowest BCUT2D eigenvalue weighted by molar-refractivity contribution is -0.0687. The highest BCUT2D eigenvalue weighted by atomic mass is 32.2. The Morgan fingerprint density at radius 3 is 2.65 bits per heavy atom. The number of nitrogens with zero attached hydrogens (tertiary/aromatic N) is 2. The van der Waals surface area contributed by atoms with E-state index in [9.17, 15) is 5.11 Å². The predicted octanol–water partition coefficient (Wildman–Crippen LogP) is 2.95. The Bertz CT molecular complexity index is 602. The van der Waals surface area contributed by atoms with E-state index < -0.39 is 5.72 Å². The Labute approximate surface area is 123 Å². The predicted molar refractivity (Wildman–Crippen MR) is 81.7 cm³/mol. The summed E-state index contributed by atoms with van der Waals surface area (Å²) in [6, 6.07) is 15.5. The van der Waals surface area contributed by atoms with Crippen molar-refractivity contribution in [3.8, 4) is 0 Å². The van der Waals surface area contributed by atoms with Gasteiger partial charge in [-0.05, 0) is 12.1 Å². The molecular weight excluding hydrogens is 268 g/mol. The Balaban J connectivity index is 1.93. The number of pyridine rings is 1. The van der Waals surface area contributed by atoms with E-state index in [4.69, 9.17) is 0 Å². The number of hydrogen-bond acceptors (Lipinski definition) is 4. The zero-order valence-corrected chi connectivity index (χ0v) is 11.9. The molecule has 1 N–H and O–H groups in total. The van der Waals surface area contributed by atoms with Gasteiger partial charge in [-0.1, -0.05) is 43.0 Å². The number of benzene rings is 1. The second kappa shape index (κ2) is 5.31. The fraction of sp³-hybridized carbons (Fsp3) is 0.188. The number of aliphatic hydroxyl groups is 1. The standard InChI is InChI=1S/C16H16N2OS/c1-13-18(11-15-9-5-6-10-17-15)16(19,12-20-13)14-7-3-2-4-8-14/h2-10,19H,1,11-12H2. The molecule has 2 heterocycles. The summed E-state index contributed by atoms with van der Waals surface area (Å²) < 4.78 is 0. The number of hydrogen-bond donors (Lipinski definition) is 1. The van der Waals surface area contributed by atoms with E-state index in [1.165, 1.54) is 0 Å². The molecule has 3 rings (SSSR count). The monoisotopic (exact) mass is 284 g/mol. The van der Waals surface area contributed by atoms with Gasteiger partial charge in [0.05, 0.1) is 23.0 Å². The van der Waals surface area contributed by atoms with Crippen LogP contribution >= 0.6 is 11.8 Å². The topological polar surface area (TPSA) is 36.4 Å². The quantitative estimate of drug-likeness (QED) is 0.940. The molecule has 20 heavy (non-hydrogen) atoms. The molecule has 1 aromatic carbocycles. The Kier molecular flexibility index (Phi) is 3.51. The van der Waals surface area contributed by atoms with Crippen molar-refractivity contribution in [1.29, 1.82) is 0 Å². The Morgan fingerprint density at radius 1 is 1.20 bits per heavy atom. The van der Waals surface area contributed by atoms with Crippen molar-refractivity contribution >= 4 is 11.8 Å². The van der Waals surface area contributed by atoms with Crippen LogP contribution in [0.15, 0.2) is 66.3 Å². The second-order valence-corrected chi connectivity index (χ2v) is 5.82. The maximum Gasteiger partial charge on any atom is 0.174 e. The molecule has 4 heteroatoms. The van der Waals surface area contributed by atoms with Crippen LogP contribution in [-0.2, 0) is 12.3 Å². The fourth-order valence-corrected chi connectivity index (χ4v) is 3.42. The summed E-state index contributed by atoms with van der Waals surface area (Å²) in [6.45, 7) is 4.61. The van der Waals surface area contributed by atoms with Gasteiger partial charge in [0.15, 0.2) is 5.72 Å². The molecule has 1 aliphatic rings. The molecule has 0 aliphatic carbocycles. The molecule has 0 radical (unpaired) electrons. The molecule has 0 saturated carbocycles. The highest BCUT2D eigenvalue weighted by Gasteiger charge is 2.42. The lowest BCUT2D eigenvalue weighted by Gasteiger charge is -2.34. The lowest BCUT2D eigenvalue weighted by Crippen LogP contribution is -2.41. The van der Waals surface area contributed by atoms with Gasteiger partial charge in [0, 0.05) is 11.8 Å². The van der Waals surface area contributed by atoms with E-state index in [1.54, 1.807) is 18.0 Å². The maximum atomic E-state index is 11.1. The van der Waals surface area contributed by atoms with Crippen LogP contribution in [-0.4, -0.2) is 20.7 Å². The van der Waals surface area contributed by atoms with E-state index in [-0.39, 0.29) is 0 Å². The zero-order chi connectivity index (χ0) is 14.0. The second-order valence-electron chi connectivity index (χ2n) is 4.77. The smallest absolute Gasteiger partial charge is 0.174 e. The highest BCUT2D eigenvalue weighted by molar-refractivity contribution is 8.03. The highest BCUT2D eigenvalue weighted by Crippen LogP contribution is 2.44. The molecule has 1 unspecified atom stereocenters. The Hall–Kier alpha value is -1.78. The summed E-state index contributed by atoms with van der Waals surface area (Å²) in [5.41, 5.74) is 0.799. The maximum absolute atomic E-state index is 11.1. The van der Waals surface area contributed by atoms with Gasteiger partial charge in [-0.15, -0.1) is 11.8 Å². The van der Waals surface area contributed by atoms with Crippen molar-refractivity contribution in [1.82, 2.24) is 9.88 Å². The Morgan fingerprint density at radius 2 is 1.95 bits per heavy atom. The molecule has 0 bridgehead atoms. The minimum Gasteiger partial charge on any atom is -0.366 e. The summed E-state index contributed by atoms with van der Waals surface area (Å²) >= 11 is 1.58. The summed E-state index contributed by atoms with van der Waals surface area (Å²) in [5.74, 6) is 0.586. The number of aromatic nitrogens is 1. The molecule has 1 saturated heterocycles. The molecular formula is C16H16N2OS. The van der Waals surface area contributed by atoms with Crippen LogP contribution in [0.5, 0.6) is 0 Å². The molecule has 1 atom stereocenters. The minimum atomic E-state index is -1.01. The third-order valence-electron chi connectivity index (χ3n) is 3.47.